The number of nitrogens with two attached hydrogens (primary N) is 2. The van der Waals surface area contributed by atoms with Gasteiger partial charge in [-0.25, -0.2) is 4.99 Å². The van der Waals surface area contributed by atoms with Crippen LogP contribution in [0, 0.1) is 12.8 Å². The van der Waals surface area contributed by atoms with Gasteiger partial charge in [-0.05, 0) is 130 Å². The first-order valence-corrected chi connectivity index (χ1v) is 18.3. The maximum Gasteiger partial charge on any atom is 0.205 e. The molecule has 2 aromatic carbocycles. The number of isothiocyanates is 1. The van der Waals surface area contributed by atoms with Gasteiger partial charge in [0.25, 0.3) is 0 Å². The Labute approximate surface area is 345 Å². The van der Waals surface area contributed by atoms with Gasteiger partial charge in [0.05, 0.1) is 39.3 Å². The predicted molar refractivity (Wildman–Crippen MR) is 238 cm³/mol. The van der Waals surface area contributed by atoms with Crippen molar-refractivity contribution >= 4 is 89.3 Å². The monoisotopic (exact) mass is 879 g/mol. The van der Waals surface area contributed by atoms with Crippen LogP contribution in [0.1, 0.15) is 21.6 Å². The zero-order valence-electron chi connectivity index (χ0n) is 29.9. The van der Waals surface area contributed by atoms with Crippen molar-refractivity contribution in [2.24, 2.45) is 9.98 Å². The van der Waals surface area contributed by atoms with Crippen LogP contribution in [0.5, 0.6) is 0 Å². The first-order chi connectivity index (χ1) is 26.9. The molecule has 11 nitrogen and oxygen atoms in total. The van der Waals surface area contributed by atoms with Crippen LogP contribution in [0.2, 0.25) is 0 Å². The van der Waals surface area contributed by atoms with Crippen LogP contribution in [0.25, 0.3) is 22.8 Å². The van der Waals surface area contributed by atoms with E-state index < -0.39 is 0 Å². The van der Waals surface area contributed by atoms with Gasteiger partial charge in [-0.15, -0.1) is 12.8 Å². The van der Waals surface area contributed by atoms with Crippen molar-refractivity contribution in [2.75, 3.05) is 35.3 Å². The van der Waals surface area contributed by atoms with Crippen molar-refractivity contribution in [2.45, 2.75) is 20.3 Å². The summed E-state index contributed by atoms with van der Waals surface area (Å²) >= 11 is 11.3. The van der Waals surface area contributed by atoms with E-state index in [1.807, 2.05) is 72.8 Å². The Morgan fingerprint density at radius 3 is 1.49 bits per heavy atom. The third-order valence-corrected chi connectivity index (χ3v) is 8.61. The highest BCUT2D eigenvalue weighted by atomic mass is 79.9. The molecule has 4 aromatic heterocycles. The summed E-state index contributed by atoms with van der Waals surface area (Å²) in [5.41, 5.74) is 18.9. The van der Waals surface area contributed by atoms with E-state index in [0.717, 1.165) is 56.3 Å². The molecule has 0 amide bonds. The predicted octanol–water partition coefficient (Wildman–Crippen LogP) is 10.6. The molecule has 2 aliphatic heterocycles. The van der Waals surface area contributed by atoms with Crippen molar-refractivity contribution in [3.8, 4) is 35.6 Å². The van der Waals surface area contributed by atoms with Crippen LogP contribution in [0.4, 0.5) is 34.1 Å². The standard InChI is InChI=1S/C17H12BrN5.C10H10N4.C7H4BrNS.C4H8O.C2H2.CH4/c18-11-5-1-2-6-12(11)21-17-22-13-7-3-9-19-15(13)16-14(23-17)8-4-10-20-16;11-7-3-1-5-13-9(7)10-8(12)4-2-6-14-10;8-6-3-1-2-4-7(6)9-5-10;1-2-4-5-3-1;1-2;/h1-10H,(H2,21,22,23);1-6H,11-12H2;1-4H;1-4H2;1-2H;1H4/i;;;;1D;. The van der Waals surface area contributed by atoms with Gasteiger partial charge in [0.2, 0.25) is 5.96 Å². The summed E-state index contributed by atoms with van der Waals surface area (Å²) in [5, 5.41) is 8.90. The second-order valence-corrected chi connectivity index (χ2v) is 12.7. The number of fused-ring (bicyclic) bond motifs is 3. The number of halogens is 2. The van der Waals surface area contributed by atoms with Crippen molar-refractivity contribution in [1.29, 1.82) is 0 Å². The molecule has 6 N–H and O–H groups in total. The normalized spacial score (nSPS) is 11.6. The van der Waals surface area contributed by atoms with Gasteiger partial charge in [0.1, 0.15) is 24.1 Å². The quantitative estimate of drug-likeness (QED) is 0.0765. The molecule has 280 valence electrons. The lowest BCUT2D eigenvalue weighted by Crippen LogP contribution is -2.20. The molecule has 55 heavy (non-hydrogen) atoms. The number of hydrogen-bond donors (Lipinski definition) is 4. The average molecular weight is 882 g/mol. The van der Waals surface area contributed by atoms with E-state index in [4.69, 9.17) is 17.6 Å². The minimum atomic E-state index is 0. The van der Waals surface area contributed by atoms with Crippen molar-refractivity contribution < 1.29 is 6.11 Å². The minimum absolute atomic E-state index is 0. The van der Waals surface area contributed by atoms with Gasteiger partial charge in [0, 0.05) is 46.9 Å². The first kappa shape index (κ1) is 41.9. The van der Waals surface area contributed by atoms with Crippen LogP contribution in [-0.2, 0) is 4.74 Å². The molecule has 8 rings (SSSR count). The van der Waals surface area contributed by atoms with Crippen LogP contribution in [0.15, 0.2) is 141 Å². The smallest absolute Gasteiger partial charge is 0.205 e. The van der Waals surface area contributed by atoms with Crippen molar-refractivity contribution in [3.05, 3.63) is 131 Å². The second kappa shape index (κ2) is 23.8. The van der Waals surface area contributed by atoms with Crippen LogP contribution >= 0.6 is 44.1 Å². The lowest BCUT2D eigenvalue weighted by molar-refractivity contribution is 0.198. The summed E-state index contributed by atoms with van der Waals surface area (Å²) in [7, 11) is 0. The fraction of sp³-hybridized carbons (Fsp3) is 0.122. The molecule has 2 aliphatic rings. The largest absolute Gasteiger partial charge is 0.397 e. The molecule has 1 fully saturated rings. The van der Waals surface area contributed by atoms with Gasteiger partial charge in [-0.3, -0.25) is 19.9 Å². The molecule has 0 saturated carbocycles. The molecule has 0 unspecified atom stereocenters. The SMILES string of the molecule is Brc1ccccc1N=C1Nc2cccnc2-c2ncccc2N1.C.C1CCOC1.Nc1cccnc1-c1ncccc1N.S=C=Nc1ccccc1Br.[2H]C#C. The highest BCUT2D eigenvalue weighted by molar-refractivity contribution is 9.11. The van der Waals surface area contributed by atoms with Crippen molar-refractivity contribution in [1.82, 2.24) is 19.9 Å². The number of rotatable bonds is 3. The fourth-order valence-corrected chi connectivity index (χ4v) is 5.57. The van der Waals surface area contributed by atoms with E-state index in [2.05, 4.69) is 96.2 Å². The van der Waals surface area contributed by atoms with E-state index in [-0.39, 0.29) is 7.43 Å². The summed E-state index contributed by atoms with van der Waals surface area (Å²) in [5.74, 6) is 0.623. The number of aliphatic imine (C=N–C) groups is 2. The van der Waals surface area contributed by atoms with E-state index in [0.29, 0.717) is 28.7 Å². The third kappa shape index (κ3) is 13.2. The van der Waals surface area contributed by atoms with E-state index in [1.165, 1.54) is 19.2 Å². The molecular formula is C41H40Br2N10OS. The summed E-state index contributed by atoms with van der Waals surface area (Å²) in [6.07, 6.45) is 15.2. The summed E-state index contributed by atoms with van der Waals surface area (Å²) in [4.78, 5) is 25.7. The highest BCUT2D eigenvalue weighted by Crippen LogP contribution is 2.33. The Morgan fingerprint density at radius 1 is 0.673 bits per heavy atom. The minimum Gasteiger partial charge on any atom is -0.397 e. The third-order valence-electron chi connectivity index (χ3n) is 7.18. The Bertz CT molecular complexity index is 2180. The maximum absolute atomic E-state index is 5.76. The number of aromatic nitrogens is 4. The first-order valence-electron chi connectivity index (χ1n) is 16.8. The fourth-order valence-electron chi connectivity index (χ4n) is 4.73. The van der Waals surface area contributed by atoms with Crippen LogP contribution < -0.4 is 22.1 Å². The molecule has 0 atom stereocenters. The Kier molecular flexibility index (Phi) is 18.1. The van der Waals surface area contributed by atoms with Gasteiger partial charge in [-0.2, -0.15) is 4.99 Å². The number of nitrogens with zero attached hydrogens (tertiary/aromatic N) is 6. The molecule has 0 bridgehead atoms. The second-order valence-electron chi connectivity index (χ2n) is 10.8. The van der Waals surface area contributed by atoms with Gasteiger partial charge in [0.15, 0.2) is 0 Å². The molecule has 0 radical (unpaired) electrons. The van der Waals surface area contributed by atoms with Crippen LogP contribution in [-0.4, -0.2) is 44.3 Å². The molecule has 0 spiro atoms. The lowest BCUT2D eigenvalue weighted by Gasteiger charge is -2.09. The molecular weight excluding hydrogens is 840 g/mol. The van der Waals surface area contributed by atoms with Crippen molar-refractivity contribution in [3.63, 3.8) is 0 Å². The number of para-hydroxylation sites is 2. The average Bonchev–Trinajstić information content (AvgIpc) is 3.75. The summed E-state index contributed by atoms with van der Waals surface area (Å²) < 4.78 is 12.5. The van der Waals surface area contributed by atoms with E-state index in [9.17, 15) is 0 Å². The lowest BCUT2D eigenvalue weighted by atomic mass is 10.2. The number of guanidine groups is 1. The number of terminal acetylenes is 1. The number of ether oxygens (including phenoxy) is 1. The zero-order valence-corrected chi connectivity index (χ0v) is 32.9. The maximum atomic E-state index is 5.76. The Hall–Kier alpha value is -5.81. The number of nitrogen functional groups attached to an aromatic ring is 2. The number of anilines is 4. The van der Waals surface area contributed by atoms with E-state index >= 15 is 0 Å². The number of nitrogens with one attached hydrogen (secondary N) is 2. The van der Waals surface area contributed by atoms with Gasteiger partial charge in [-0.1, -0.05) is 31.7 Å². The molecule has 1 saturated heterocycles. The van der Waals surface area contributed by atoms with Gasteiger partial charge >= 0.3 is 0 Å². The molecule has 14 heteroatoms. The molecule has 6 aromatic rings. The van der Waals surface area contributed by atoms with Gasteiger partial charge < -0.3 is 26.8 Å². The topological polar surface area (TPSA) is 162 Å². The summed E-state index contributed by atoms with van der Waals surface area (Å²) in [6, 6.07) is 30.2. The number of benzene rings is 2. The number of hydrogen-bond acceptors (Lipinski definition) is 10. The molecule has 6 heterocycles. The summed E-state index contributed by atoms with van der Waals surface area (Å²) in [6.45, 7) is 2.00. The molecule has 0 aliphatic carbocycles. The Morgan fingerprint density at radius 2 is 1.09 bits per heavy atom. The van der Waals surface area contributed by atoms with E-state index in [1.54, 1.807) is 49.1 Å². The zero-order chi connectivity index (χ0) is 39.3. The Balaban J connectivity index is 0.000000217. The highest BCUT2D eigenvalue weighted by Gasteiger charge is 2.19. The number of pyridine rings is 4. The van der Waals surface area contributed by atoms with Crippen LogP contribution in [0.3, 0.4) is 0 Å². The number of thiocarbonyl (C=S) groups is 1.